The molecular weight excluding hydrogens is 246 g/mol. The van der Waals surface area contributed by atoms with Gasteiger partial charge in [0.05, 0.1) is 0 Å². The van der Waals surface area contributed by atoms with Crippen LogP contribution in [0.15, 0.2) is 54.6 Å². The highest BCUT2D eigenvalue weighted by Crippen LogP contribution is 2.56. The van der Waals surface area contributed by atoms with E-state index in [4.69, 9.17) is 10.5 Å². The van der Waals surface area contributed by atoms with Gasteiger partial charge in [0, 0.05) is 6.04 Å². The maximum atomic E-state index is 6.34. The lowest BCUT2D eigenvalue weighted by molar-refractivity contribution is 0.478. The van der Waals surface area contributed by atoms with Crippen molar-refractivity contribution in [3.63, 3.8) is 0 Å². The van der Waals surface area contributed by atoms with Crippen LogP contribution in [0.4, 0.5) is 0 Å². The first-order chi connectivity index (χ1) is 9.56. The monoisotopic (exact) mass is 267 g/mol. The van der Waals surface area contributed by atoms with Crippen LogP contribution in [0.1, 0.15) is 31.9 Å². The minimum absolute atomic E-state index is 0.135. The molecule has 0 heterocycles. The van der Waals surface area contributed by atoms with E-state index in [0.717, 1.165) is 11.5 Å². The minimum atomic E-state index is 0.135. The fourth-order valence-corrected chi connectivity index (χ4v) is 2.74. The summed E-state index contributed by atoms with van der Waals surface area (Å²) in [5.41, 5.74) is 7.93. The third-order valence-electron chi connectivity index (χ3n) is 4.27. The molecule has 2 aromatic rings. The minimum Gasteiger partial charge on any atom is -0.457 e. The molecule has 0 spiro atoms. The summed E-state index contributed by atoms with van der Waals surface area (Å²) in [4.78, 5) is 0. The molecule has 0 bridgehead atoms. The molecule has 1 aliphatic rings. The molecule has 3 rings (SSSR count). The van der Waals surface area contributed by atoms with Crippen molar-refractivity contribution in [1.29, 1.82) is 0 Å². The second-order valence-corrected chi connectivity index (χ2v) is 6.31. The largest absolute Gasteiger partial charge is 0.457 e. The van der Waals surface area contributed by atoms with Crippen LogP contribution in [0.25, 0.3) is 0 Å². The molecule has 1 saturated carbocycles. The summed E-state index contributed by atoms with van der Waals surface area (Å²) in [6.07, 6.45) is 1.22. The Morgan fingerprint density at radius 3 is 2.10 bits per heavy atom. The first-order valence-electron chi connectivity index (χ1n) is 7.15. The first-order valence-corrected chi connectivity index (χ1v) is 7.15. The van der Waals surface area contributed by atoms with Gasteiger partial charge < -0.3 is 10.5 Å². The molecule has 0 amide bonds. The van der Waals surface area contributed by atoms with Gasteiger partial charge in [0.25, 0.3) is 0 Å². The first kappa shape index (κ1) is 13.2. The zero-order valence-electron chi connectivity index (χ0n) is 12.0. The van der Waals surface area contributed by atoms with Crippen LogP contribution in [-0.2, 0) is 0 Å². The van der Waals surface area contributed by atoms with Gasteiger partial charge in [-0.2, -0.15) is 0 Å². The second-order valence-electron chi connectivity index (χ2n) is 6.31. The molecule has 2 unspecified atom stereocenters. The van der Waals surface area contributed by atoms with Crippen molar-refractivity contribution in [1.82, 2.24) is 0 Å². The summed E-state index contributed by atoms with van der Waals surface area (Å²) in [6.45, 7) is 4.56. The molecule has 2 atom stereocenters. The van der Waals surface area contributed by atoms with Gasteiger partial charge in [-0.3, -0.25) is 0 Å². The van der Waals surface area contributed by atoms with Crippen LogP contribution in [0.3, 0.4) is 0 Å². The third kappa shape index (κ3) is 2.70. The smallest absolute Gasteiger partial charge is 0.127 e. The van der Waals surface area contributed by atoms with Crippen LogP contribution in [0, 0.1) is 11.3 Å². The molecule has 2 nitrogen and oxygen atoms in total. The summed E-state index contributed by atoms with van der Waals surface area (Å²) in [5, 5.41) is 0. The Kier molecular flexibility index (Phi) is 3.27. The van der Waals surface area contributed by atoms with Gasteiger partial charge >= 0.3 is 0 Å². The van der Waals surface area contributed by atoms with Gasteiger partial charge in [-0.05, 0) is 47.6 Å². The van der Waals surface area contributed by atoms with Crippen molar-refractivity contribution in [3.05, 3.63) is 60.2 Å². The van der Waals surface area contributed by atoms with Crippen molar-refractivity contribution >= 4 is 0 Å². The number of benzene rings is 2. The van der Waals surface area contributed by atoms with Crippen molar-refractivity contribution in [2.45, 2.75) is 26.3 Å². The van der Waals surface area contributed by atoms with Crippen LogP contribution in [0.5, 0.6) is 11.5 Å². The summed E-state index contributed by atoms with van der Waals surface area (Å²) in [6, 6.07) is 18.1. The molecule has 104 valence electrons. The van der Waals surface area contributed by atoms with Gasteiger partial charge in [0.1, 0.15) is 11.5 Å². The predicted molar refractivity (Wildman–Crippen MR) is 81.8 cm³/mol. The molecular formula is C18H21NO. The van der Waals surface area contributed by atoms with Crippen molar-refractivity contribution in [2.75, 3.05) is 0 Å². The van der Waals surface area contributed by atoms with E-state index in [0.29, 0.717) is 11.3 Å². The van der Waals surface area contributed by atoms with E-state index in [9.17, 15) is 0 Å². The van der Waals surface area contributed by atoms with E-state index >= 15 is 0 Å². The number of nitrogens with two attached hydrogens (primary N) is 1. The quantitative estimate of drug-likeness (QED) is 0.883. The molecule has 0 saturated heterocycles. The SMILES string of the molecule is CC1(C)CC1C(N)c1ccc(Oc2ccccc2)cc1. The molecule has 2 N–H and O–H groups in total. The molecule has 1 aliphatic carbocycles. The Morgan fingerprint density at radius 1 is 1.00 bits per heavy atom. The third-order valence-corrected chi connectivity index (χ3v) is 4.27. The van der Waals surface area contributed by atoms with E-state index in [1.165, 1.54) is 12.0 Å². The highest BCUT2D eigenvalue weighted by atomic mass is 16.5. The van der Waals surface area contributed by atoms with Crippen molar-refractivity contribution < 1.29 is 4.74 Å². The molecule has 1 fully saturated rings. The van der Waals surface area contributed by atoms with Gasteiger partial charge in [-0.25, -0.2) is 0 Å². The Balaban J connectivity index is 1.69. The van der Waals surface area contributed by atoms with Crippen LogP contribution < -0.4 is 10.5 Å². The summed E-state index contributed by atoms with van der Waals surface area (Å²) < 4.78 is 5.79. The molecule has 2 aromatic carbocycles. The van der Waals surface area contributed by atoms with Crippen LogP contribution >= 0.6 is 0 Å². The average molecular weight is 267 g/mol. The summed E-state index contributed by atoms with van der Waals surface area (Å²) >= 11 is 0. The predicted octanol–water partition coefficient (Wildman–Crippen LogP) is 4.52. The van der Waals surface area contributed by atoms with Crippen molar-refractivity contribution in [2.24, 2.45) is 17.1 Å². The Hall–Kier alpha value is -1.80. The second kappa shape index (κ2) is 4.95. The van der Waals surface area contributed by atoms with Gasteiger partial charge in [0.15, 0.2) is 0 Å². The van der Waals surface area contributed by atoms with Crippen molar-refractivity contribution in [3.8, 4) is 11.5 Å². The van der Waals surface area contributed by atoms with E-state index in [-0.39, 0.29) is 6.04 Å². The van der Waals surface area contributed by atoms with E-state index in [2.05, 4.69) is 26.0 Å². The lowest BCUT2D eigenvalue weighted by Gasteiger charge is -2.14. The number of ether oxygens (including phenoxy) is 1. The van der Waals surface area contributed by atoms with E-state index in [1.807, 2.05) is 42.5 Å². The molecule has 0 radical (unpaired) electrons. The lowest BCUT2D eigenvalue weighted by atomic mass is 9.98. The maximum absolute atomic E-state index is 6.34. The Labute approximate surface area is 120 Å². The fraction of sp³-hybridized carbons (Fsp3) is 0.333. The molecule has 20 heavy (non-hydrogen) atoms. The summed E-state index contributed by atoms with van der Waals surface area (Å²) in [7, 11) is 0. The fourth-order valence-electron chi connectivity index (χ4n) is 2.74. The van der Waals surface area contributed by atoms with Crippen LogP contribution in [0.2, 0.25) is 0 Å². The van der Waals surface area contributed by atoms with E-state index < -0.39 is 0 Å². The number of para-hydroxylation sites is 1. The topological polar surface area (TPSA) is 35.2 Å². The molecule has 2 heteroatoms. The van der Waals surface area contributed by atoms with E-state index in [1.54, 1.807) is 0 Å². The zero-order valence-corrected chi connectivity index (χ0v) is 12.0. The van der Waals surface area contributed by atoms with Gasteiger partial charge in [-0.15, -0.1) is 0 Å². The number of hydrogen-bond acceptors (Lipinski definition) is 2. The van der Waals surface area contributed by atoms with Crippen LogP contribution in [-0.4, -0.2) is 0 Å². The number of hydrogen-bond donors (Lipinski definition) is 1. The Bertz CT molecular complexity index is 574. The number of rotatable bonds is 4. The van der Waals surface area contributed by atoms with Gasteiger partial charge in [0.2, 0.25) is 0 Å². The maximum Gasteiger partial charge on any atom is 0.127 e. The normalized spacial score (nSPS) is 21.2. The lowest BCUT2D eigenvalue weighted by Crippen LogP contribution is -2.15. The summed E-state index contributed by atoms with van der Waals surface area (Å²) in [5.74, 6) is 2.30. The molecule has 0 aromatic heterocycles. The zero-order chi connectivity index (χ0) is 14.2. The Morgan fingerprint density at radius 2 is 1.55 bits per heavy atom. The standard InChI is InChI=1S/C18H21NO/c1-18(2)12-16(18)17(19)13-8-10-15(11-9-13)20-14-6-4-3-5-7-14/h3-11,16-17H,12,19H2,1-2H3. The average Bonchev–Trinajstić information content (AvgIpc) is 3.09. The highest BCUT2D eigenvalue weighted by molar-refractivity contribution is 5.34. The highest BCUT2D eigenvalue weighted by Gasteiger charge is 2.49. The molecule has 0 aliphatic heterocycles. The van der Waals surface area contributed by atoms with Gasteiger partial charge in [-0.1, -0.05) is 44.2 Å².